The van der Waals surface area contributed by atoms with E-state index in [4.69, 9.17) is 4.52 Å². The zero-order valence-corrected chi connectivity index (χ0v) is 11.0. The molecule has 2 N–H and O–H groups in total. The molecule has 0 amide bonds. The number of nitrogens with one attached hydrogen (secondary N) is 1. The second-order valence-corrected chi connectivity index (χ2v) is 4.42. The van der Waals surface area contributed by atoms with Crippen molar-refractivity contribution in [3.05, 3.63) is 60.2 Å². The second-order valence-electron chi connectivity index (χ2n) is 4.42. The number of benzene rings is 2. The number of aromatic hydroxyl groups is 1. The van der Waals surface area contributed by atoms with Gasteiger partial charge in [0.25, 0.3) is 0 Å². The van der Waals surface area contributed by atoms with Crippen LogP contribution in [0.1, 0.15) is 5.89 Å². The Balaban J connectivity index is 1.69. The molecule has 0 unspecified atom stereocenters. The van der Waals surface area contributed by atoms with Gasteiger partial charge in [-0.1, -0.05) is 17.3 Å². The molecule has 5 nitrogen and oxygen atoms in total. The summed E-state index contributed by atoms with van der Waals surface area (Å²) in [4.78, 5) is 4.20. The minimum absolute atomic E-state index is 0.201. The highest BCUT2D eigenvalue weighted by Gasteiger charge is 2.09. The molecule has 3 rings (SSSR count). The summed E-state index contributed by atoms with van der Waals surface area (Å²) in [5.74, 6) is 0.590. The van der Waals surface area contributed by atoms with Crippen molar-refractivity contribution in [1.82, 2.24) is 10.1 Å². The van der Waals surface area contributed by atoms with Gasteiger partial charge in [-0.05, 0) is 36.4 Å². The average Bonchev–Trinajstić information content (AvgIpc) is 2.96. The number of phenols is 1. The number of hydrogen-bond acceptors (Lipinski definition) is 5. The summed E-state index contributed by atoms with van der Waals surface area (Å²) in [5, 5.41) is 16.1. The summed E-state index contributed by atoms with van der Waals surface area (Å²) < 4.78 is 18.3. The smallest absolute Gasteiger partial charge is 0.246 e. The van der Waals surface area contributed by atoms with E-state index in [0.29, 0.717) is 23.8 Å². The minimum atomic E-state index is -0.346. The molecule has 0 aliphatic heterocycles. The van der Waals surface area contributed by atoms with E-state index in [9.17, 15) is 9.50 Å². The SMILES string of the molecule is Oc1ccc(NCc2nc(-c3cccc(F)c3)no2)cc1. The lowest BCUT2D eigenvalue weighted by Gasteiger charge is -2.02. The van der Waals surface area contributed by atoms with Crippen molar-refractivity contribution in [1.29, 1.82) is 0 Å². The van der Waals surface area contributed by atoms with E-state index in [1.807, 2.05) is 0 Å². The van der Waals surface area contributed by atoms with E-state index in [0.717, 1.165) is 5.69 Å². The Kier molecular flexibility index (Phi) is 3.51. The summed E-state index contributed by atoms with van der Waals surface area (Å²) in [6.07, 6.45) is 0. The number of halogens is 1. The van der Waals surface area contributed by atoms with Crippen molar-refractivity contribution in [2.24, 2.45) is 0 Å². The van der Waals surface area contributed by atoms with Crippen LogP contribution in [0.4, 0.5) is 10.1 Å². The van der Waals surface area contributed by atoms with Gasteiger partial charge in [0.05, 0.1) is 6.54 Å². The molecule has 0 aliphatic rings. The first-order valence-electron chi connectivity index (χ1n) is 6.32. The summed E-state index contributed by atoms with van der Waals surface area (Å²) in [6.45, 7) is 0.340. The van der Waals surface area contributed by atoms with Gasteiger partial charge in [0, 0.05) is 11.3 Å². The molecule has 0 atom stereocenters. The molecule has 3 aromatic rings. The summed E-state index contributed by atoms with van der Waals surface area (Å²) >= 11 is 0. The monoisotopic (exact) mass is 285 g/mol. The fourth-order valence-corrected chi connectivity index (χ4v) is 1.83. The van der Waals surface area contributed by atoms with Gasteiger partial charge < -0.3 is 14.9 Å². The maximum absolute atomic E-state index is 13.1. The van der Waals surface area contributed by atoms with Crippen LogP contribution in [0.2, 0.25) is 0 Å². The van der Waals surface area contributed by atoms with E-state index in [1.165, 1.54) is 12.1 Å². The molecular weight excluding hydrogens is 273 g/mol. The predicted molar refractivity (Wildman–Crippen MR) is 75.1 cm³/mol. The normalized spacial score (nSPS) is 10.5. The Bertz CT molecular complexity index is 741. The van der Waals surface area contributed by atoms with Crippen LogP contribution in [0.25, 0.3) is 11.4 Å². The summed E-state index contributed by atoms with van der Waals surface area (Å²) in [5.41, 5.74) is 1.38. The van der Waals surface area contributed by atoms with Crippen molar-refractivity contribution < 1.29 is 14.0 Å². The standard InChI is InChI=1S/C15H12FN3O2/c16-11-3-1-2-10(8-11)15-18-14(21-19-15)9-17-12-4-6-13(20)7-5-12/h1-8,17,20H,9H2. The maximum Gasteiger partial charge on any atom is 0.246 e. The Morgan fingerprint density at radius 3 is 2.71 bits per heavy atom. The molecule has 0 saturated heterocycles. The van der Waals surface area contributed by atoms with Crippen molar-refractivity contribution in [2.75, 3.05) is 5.32 Å². The molecule has 1 heterocycles. The van der Waals surface area contributed by atoms with Gasteiger partial charge in [0.2, 0.25) is 11.7 Å². The molecule has 0 spiro atoms. The number of phenolic OH excluding ortho intramolecular Hbond substituents is 1. The molecule has 21 heavy (non-hydrogen) atoms. The van der Waals surface area contributed by atoms with Crippen LogP contribution in [-0.4, -0.2) is 15.2 Å². The maximum atomic E-state index is 13.1. The first-order valence-corrected chi connectivity index (χ1v) is 6.32. The molecule has 106 valence electrons. The zero-order valence-electron chi connectivity index (χ0n) is 11.0. The van der Waals surface area contributed by atoms with Crippen LogP contribution in [0.15, 0.2) is 53.1 Å². The topological polar surface area (TPSA) is 71.2 Å². The molecule has 6 heteroatoms. The average molecular weight is 285 g/mol. The quantitative estimate of drug-likeness (QED) is 0.720. The van der Waals surface area contributed by atoms with Gasteiger partial charge in [0.1, 0.15) is 11.6 Å². The van der Waals surface area contributed by atoms with Crippen LogP contribution in [0.5, 0.6) is 5.75 Å². The van der Waals surface area contributed by atoms with Gasteiger partial charge in [-0.2, -0.15) is 4.98 Å². The Morgan fingerprint density at radius 2 is 1.95 bits per heavy atom. The molecule has 1 aromatic heterocycles. The predicted octanol–water partition coefficient (Wildman–Crippen LogP) is 3.19. The third-order valence-corrected chi connectivity index (χ3v) is 2.86. The highest BCUT2D eigenvalue weighted by atomic mass is 19.1. The number of hydrogen-bond donors (Lipinski definition) is 2. The van der Waals surface area contributed by atoms with Crippen LogP contribution >= 0.6 is 0 Å². The fourth-order valence-electron chi connectivity index (χ4n) is 1.83. The van der Waals surface area contributed by atoms with Gasteiger partial charge in [-0.3, -0.25) is 0 Å². The zero-order chi connectivity index (χ0) is 14.7. The molecule has 0 bridgehead atoms. The summed E-state index contributed by atoms with van der Waals surface area (Å²) in [7, 11) is 0. The molecule has 2 aromatic carbocycles. The van der Waals surface area contributed by atoms with E-state index >= 15 is 0 Å². The van der Waals surface area contributed by atoms with Gasteiger partial charge >= 0.3 is 0 Å². The lowest BCUT2D eigenvalue weighted by molar-refractivity contribution is 0.384. The van der Waals surface area contributed by atoms with Crippen molar-refractivity contribution in [3.8, 4) is 17.1 Å². The van der Waals surface area contributed by atoms with Crippen molar-refractivity contribution in [3.63, 3.8) is 0 Å². The molecule has 0 fully saturated rings. The van der Waals surface area contributed by atoms with E-state index in [1.54, 1.807) is 36.4 Å². The minimum Gasteiger partial charge on any atom is -0.508 e. The number of aromatic nitrogens is 2. The van der Waals surface area contributed by atoms with Crippen molar-refractivity contribution >= 4 is 5.69 Å². The van der Waals surface area contributed by atoms with Crippen LogP contribution in [0.3, 0.4) is 0 Å². The number of rotatable bonds is 4. The third kappa shape index (κ3) is 3.17. The first-order chi connectivity index (χ1) is 10.2. The summed E-state index contributed by atoms with van der Waals surface area (Å²) in [6, 6.07) is 12.6. The number of anilines is 1. The number of nitrogens with zero attached hydrogens (tertiary/aromatic N) is 2. The highest BCUT2D eigenvalue weighted by Crippen LogP contribution is 2.18. The lowest BCUT2D eigenvalue weighted by Crippen LogP contribution is -1.99. The molecular formula is C15H12FN3O2. The third-order valence-electron chi connectivity index (χ3n) is 2.86. The van der Waals surface area contributed by atoms with E-state index in [-0.39, 0.29) is 11.6 Å². The van der Waals surface area contributed by atoms with Crippen LogP contribution in [0, 0.1) is 5.82 Å². The van der Waals surface area contributed by atoms with Gasteiger partial charge in [-0.25, -0.2) is 4.39 Å². The second kappa shape index (κ2) is 5.62. The van der Waals surface area contributed by atoms with E-state index < -0.39 is 0 Å². The Labute approximate surface area is 120 Å². The Hall–Kier alpha value is -2.89. The lowest BCUT2D eigenvalue weighted by atomic mass is 10.2. The fraction of sp³-hybridized carbons (Fsp3) is 0.0667. The largest absolute Gasteiger partial charge is 0.508 e. The first kappa shape index (κ1) is 13.1. The van der Waals surface area contributed by atoms with Crippen molar-refractivity contribution in [2.45, 2.75) is 6.54 Å². The van der Waals surface area contributed by atoms with Gasteiger partial charge in [0.15, 0.2) is 0 Å². The molecule has 0 saturated carbocycles. The molecule has 0 radical (unpaired) electrons. The van der Waals surface area contributed by atoms with Crippen LogP contribution in [-0.2, 0) is 6.54 Å². The highest BCUT2D eigenvalue weighted by molar-refractivity contribution is 5.54. The molecule has 0 aliphatic carbocycles. The Morgan fingerprint density at radius 1 is 1.14 bits per heavy atom. The van der Waals surface area contributed by atoms with Gasteiger partial charge in [-0.15, -0.1) is 0 Å². The van der Waals surface area contributed by atoms with Crippen LogP contribution < -0.4 is 5.32 Å². The van der Waals surface area contributed by atoms with E-state index in [2.05, 4.69) is 15.5 Å².